The van der Waals surface area contributed by atoms with Crippen molar-refractivity contribution in [2.45, 2.75) is 71.8 Å². The van der Waals surface area contributed by atoms with Crippen LogP contribution in [0.5, 0.6) is 0 Å². The van der Waals surface area contributed by atoms with Crippen LogP contribution in [0.4, 0.5) is 0 Å². The Morgan fingerprint density at radius 1 is 0.974 bits per heavy atom. The molecule has 38 heavy (non-hydrogen) atoms. The molecule has 16 heteroatoms. The van der Waals surface area contributed by atoms with Crippen LogP contribution in [-0.4, -0.2) is 80.8 Å². The summed E-state index contributed by atoms with van der Waals surface area (Å²) in [4.78, 5) is 64.2. The number of aryl methyl sites for hydroxylation is 1. The lowest BCUT2D eigenvalue weighted by Gasteiger charge is -2.44. The van der Waals surface area contributed by atoms with Crippen molar-refractivity contribution >= 4 is 41.1 Å². The number of ether oxygens (including phenoxy) is 5. The molecule has 1 saturated heterocycles. The van der Waals surface area contributed by atoms with E-state index in [0.717, 1.165) is 20.8 Å². The molecule has 5 atom stereocenters. The predicted molar refractivity (Wildman–Crippen MR) is 125 cm³/mol. The van der Waals surface area contributed by atoms with E-state index in [9.17, 15) is 24.0 Å². The van der Waals surface area contributed by atoms with Gasteiger partial charge in [0.1, 0.15) is 23.3 Å². The zero-order valence-electron chi connectivity index (χ0n) is 21.2. The average molecular weight is 554 g/mol. The maximum atomic E-state index is 12.4. The molecule has 2 aromatic rings. The Labute approximate surface area is 220 Å². The molecule has 0 unspecified atom stereocenters. The fraction of sp³-hybridized carbons (Fsp3) is 0.545. The van der Waals surface area contributed by atoms with Gasteiger partial charge in [0, 0.05) is 27.7 Å². The Morgan fingerprint density at radius 2 is 1.61 bits per heavy atom. The van der Waals surface area contributed by atoms with Crippen molar-refractivity contribution in [3.8, 4) is 0 Å². The van der Waals surface area contributed by atoms with Gasteiger partial charge in [-0.15, -0.1) is 16.4 Å². The molecule has 206 valence electrons. The number of aromatic nitrogens is 4. The minimum atomic E-state index is -1.35. The van der Waals surface area contributed by atoms with E-state index in [1.807, 2.05) is 0 Å². The molecule has 1 N–H and O–H groups in total. The number of carbonyl (C=O) groups is 5. The van der Waals surface area contributed by atoms with Crippen LogP contribution in [0.1, 0.15) is 55.0 Å². The van der Waals surface area contributed by atoms with E-state index < -0.39 is 54.5 Å². The van der Waals surface area contributed by atoms with Crippen molar-refractivity contribution in [3.05, 3.63) is 28.0 Å². The van der Waals surface area contributed by atoms with Crippen molar-refractivity contribution in [2.75, 3.05) is 6.61 Å². The summed E-state index contributed by atoms with van der Waals surface area (Å²) in [7, 11) is 0. The quantitative estimate of drug-likeness (QED) is 0.329. The lowest BCUT2D eigenvalue weighted by atomic mass is 9.97. The van der Waals surface area contributed by atoms with Gasteiger partial charge in [0.15, 0.2) is 24.5 Å². The lowest BCUT2D eigenvalue weighted by Crippen LogP contribution is -2.60. The summed E-state index contributed by atoms with van der Waals surface area (Å²) in [5.74, 6) is -3.21. The van der Waals surface area contributed by atoms with Crippen LogP contribution in [0.25, 0.3) is 0 Å². The van der Waals surface area contributed by atoms with Crippen LogP contribution in [0.15, 0.2) is 11.7 Å². The molecule has 0 bridgehead atoms. The molecule has 0 aromatic carbocycles. The molecule has 2 aromatic heterocycles. The second-order valence-corrected chi connectivity index (χ2v) is 9.08. The first-order valence-corrected chi connectivity index (χ1v) is 12.2. The minimum absolute atomic E-state index is 0.00144. The van der Waals surface area contributed by atoms with E-state index in [-0.39, 0.29) is 19.1 Å². The van der Waals surface area contributed by atoms with Crippen LogP contribution in [0.2, 0.25) is 0 Å². The number of thiazole rings is 1. The number of hydrogen-bond donors (Lipinski definition) is 1. The van der Waals surface area contributed by atoms with Crippen LogP contribution in [-0.2, 0) is 49.4 Å². The van der Waals surface area contributed by atoms with Gasteiger partial charge >= 0.3 is 23.9 Å². The van der Waals surface area contributed by atoms with Gasteiger partial charge < -0.3 is 29.0 Å². The molecule has 1 fully saturated rings. The molecule has 0 radical (unpaired) electrons. The normalized spacial score (nSPS) is 22.7. The van der Waals surface area contributed by atoms with Crippen molar-refractivity contribution in [3.63, 3.8) is 0 Å². The summed E-state index contributed by atoms with van der Waals surface area (Å²) >= 11 is 1.20. The number of nitrogens with zero attached hydrogens (tertiary/aromatic N) is 4. The zero-order chi connectivity index (χ0) is 28.0. The molecule has 1 aliphatic heterocycles. The monoisotopic (exact) mass is 553 g/mol. The SMILES string of the molecule is CC(=O)OC[C@H]1O[C@@H](n2cc(CNC(=O)c3scnc3C)nn2)[C@H](OC(C)=O)[C@@H](OC(C)=O)[C@@H]1OC(C)=O. The Balaban J connectivity index is 1.90. The number of esters is 4. The molecule has 3 rings (SSSR count). The van der Waals surface area contributed by atoms with Crippen molar-refractivity contribution in [1.29, 1.82) is 0 Å². The summed E-state index contributed by atoms with van der Waals surface area (Å²) < 4.78 is 28.5. The lowest BCUT2D eigenvalue weighted by molar-refractivity contribution is -0.270. The van der Waals surface area contributed by atoms with Gasteiger partial charge in [0.2, 0.25) is 0 Å². The number of nitrogens with one attached hydrogen (secondary N) is 1. The molecular weight excluding hydrogens is 526 g/mol. The van der Waals surface area contributed by atoms with Crippen molar-refractivity contribution < 1.29 is 47.7 Å². The van der Waals surface area contributed by atoms with Crippen LogP contribution in [0.3, 0.4) is 0 Å². The van der Waals surface area contributed by atoms with Gasteiger partial charge in [-0.1, -0.05) is 5.21 Å². The van der Waals surface area contributed by atoms with Gasteiger partial charge in [0.25, 0.3) is 5.91 Å². The largest absolute Gasteiger partial charge is 0.463 e. The van der Waals surface area contributed by atoms with Gasteiger partial charge in [-0.3, -0.25) is 24.0 Å². The maximum absolute atomic E-state index is 12.4. The van der Waals surface area contributed by atoms with Gasteiger partial charge in [-0.25, -0.2) is 9.67 Å². The van der Waals surface area contributed by atoms with Crippen LogP contribution < -0.4 is 5.32 Å². The summed E-state index contributed by atoms with van der Waals surface area (Å²) in [5, 5.41) is 10.8. The molecule has 1 amide bonds. The van der Waals surface area contributed by atoms with Crippen LogP contribution in [0, 0.1) is 6.92 Å². The number of carbonyl (C=O) groups excluding carboxylic acids is 5. The third-order valence-electron chi connectivity index (χ3n) is 5.17. The van der Waals surface area contributed by atoms with Crippen molar-refractivity contribution in [1.82, 2.24) is 25.3 Å². The third-order valence-corrected chi connectivity index (χ3v) is 6.09. The van der Waals surface area contributed by atoms with E-state index in [1.54, 1.807) is 12.4 Å². The minimum Gasteiger partial charge on any atom is -0.463 e. The summed E-state index contributed by atoms with van der Waals surface area (Å²) in [5.41, 5.74) is 2.48. The second-order valence-electron chi connectivity index (χ2n) is 8.23. The Bertz CT molecular complexity index is 1200. The van der Waals surface area contributed by atoms with Gasteiger partial charge in [0.05, 0.1) is 23.9 Å². The Kier molecular flexibility index (Phi) is 9.46. The topological polar surface area (TPSA) is 187 Å². The first-order chi connectivity index (χ1) is 18.0. The van der Waals surface area contributed by atoms with E-state index in [2.05, 4.69) is 20.6 Å². The zero-order valence-corrected chi connectivity index (χ0v) is 22.1. The van der Waals surface area contributed by atoms with E-state index in [1.165, 1.54) is 29.1 Å². The fourth-order valence-corrected chi connectivity index (χ4v) is 4.43. The number of amides is 1. The first-order valence-electron chi connectivity index (χ1n) is 11.4. The highest BCUT2D eigenvalue weighted by molar-refractivity contribution is 7.11. The van der Waals surface area contributed by atoms with E-state index >= 15 is 0 Å². The van der Waals surface area contributed by atoms with Crippen LogP contribution >= 0.6 is 11.3 Å². The smallest absolute Gasteiger partial charge is 0.303 e. The molecule has 15 nitrogen and oxygen atoms in total. The summed E-state index contributed by atoms with van der Waals surface area (Å²) in [6, 6.07) is 0. The second kappa shape index (κ2) is 12.6. The Morgan fingerprint density at radius 3 is 2.18 bits per heavy atom. The fourth-order valence-electron chi connectivity index (χ4n) is 3.71. The highest BCUT2D eigenvalue weighted by Gasteiger charge is 2.53. The molecule has 0 aliphatic carbocycles. The van der Waals surface area contributed by atoms with E-state index in [4.69, 9.17) is 23.7 Å². The standard InChI is InChI=1S/C22H27N5O10S/c1-10-20(38-9-24-10)21(32)23-6-15-7-27(26-25-15)22-19(36-14(5)31)18(35-13(4)30)17(34-12(3)29)16(37-22)8-33-11(2)28/h7,9,16-19,22H,6,8H2,1-5H3,(H,23,32)/t16-,17-,18+,19-,22-/m1/s1. The van der Waals surface area contributed by atoms with Crippen molar-refractivity contribution in [2.24, 2.45) is 0 Å². The number of rotatable bonds is 9. The highest BCUT2D eigenvalue weighted by atomic mass is 32.1. The average Bonchev–Trinajstić information content (AvgIpc) is 3.47. The first kappa shape index (κ1) is 28.6. The summed E-state index contributed by atoms with van der Waals surface area (Å²) in [6.45, 7) is 5.91. The molecular formula is C22H27N5O10S. The summed E-state index contributed by atoms with van der Waals surface area (Å²) in [6.07, 6.45) is -4.91. The number of hydrogen-bond acceptors (Lipinski definition) is 14. The van der Waals surface area contributed by atoms with E-state index in [0.29, 0.717) is 16.3 Å². The predicted octanol–water partition coefficient (Wildman–Crippen LogP) is 0.229. The molecule has 1 aliphatic rings. The maximum Gasteiger partial charge on any atom is 0.303 e. The molecule has 0 spiro atoms. The highest BCUT2D eigenvalue weighted by Crippen LogP contribution is 2.34. The van der Waals surface area contributed by atoms with Gasteiger partial charge in [-0.2, -0.15) is 0 Å². The molecule has 3 heterocycles. The van der Waals surface area contributed by atoms with Gasteiger partial charge in [-0.05, 0) is 6.92 Å². The Hall–Kier alpha value is -3.92. The third kappa shape index (κ3) is 7.32. The molecule has 0 saturated carbocycles.